The van der Waals surface area contributed by atoms with Crippen LogP contribution in [0.3, 0.4) is 0 Å². The number of hydrogen-bond donors (Lipinski definition) is 2. The van der Waals surface area contributed by atoms with E-state index in [1.807, 2.05) is 0 Å². The molecule has 0 heterocycles. The van der Waals surface area contributed by atoms with E-state index in [2.05, 4.69) is 20.8 Å². The number of aliphatic hydroxyl groups is 2. The van der Waals surface area contributed by atoms with Gasteiger partial charge < -0.3 is 14.9 Å². The third-order valence-electron chi connectivity index (χ3n) is 5.92. The van der Waals surface area contributed by atoms with Crippen LogP contribution in [0.2, 0.25) is 0 Å². The van der Waals surface area contributed by atoms with Gasteiger partial charge in [0.05, 0.1) is 12.2 Å². The van der Waals surface area contributed by atoms with Crippen molar-refractivity contribution in [1.29, 1.82) is 0 Å². The molecule has 2 N–H and O–H groups in total. The van der Waals surface area contributed by atoms with Gasteiger partial charge in [-0.15, -0.1) is 0 Å². The lowest BCUT2D eigenvalue weighted by Gasteiger charge is -2.47. The second-order valence-electron chi connectivity index (χ2n) is 6.35. The van der Waals surface area contributed by atoms with E-state index in [-0.39, 0.29) is 23.4 Å². The Balaban J connectivity index is 2.45. The van der Waals surface area contributed by atoms with Crippen molar-refractivity contribution in [2.75, 3.05) is 20.3 Å². The second kappa shape index (κ2) is 3.44. The Hall–Kier alpha value is -0.120. The summed E-state index contributed by atoms with van der Waals surface area (Å²) < 4.78 is 5.21. The molecule has 3 nitrogen and oxygen atoms in total. The van der Waals surface area contributed by atoms with Crippen molar-refractivity contribution in [2.45, 2.75) is 39.2 Å². The average Bonchev–Trinajstić information content (AvgIpc) is 2.49. The molecule has 94 valence electrons. The van der Waals surface area contributed by atoms with Crippen LogP contribution in [0.4, 0.5) is 0 Å². The molecule has 2 bridgehead atoms. The molecule has 0 aromatic carbocycles. The van der Waals surface area contributed by atoms with Crippen molar-refractivity contribution in [3.8, 4) is 0 Å². The second-order valence-corrected chi connectivity index (χ2v) is 6.35. The smallest absolute Gasteiger partial charge is 0.0990 e. The van der Waals surface area contributed by atoms with E-state index >= 15 is 0 Å². The highest BCUT2D eigenvalue weighted by Gasteiger charge is 2.72. The van der Waals surface area contributed by atoms with Gasteiger partial charge in [0, 0.05) is 25.0 Å². The van der Waals surface area contributed by atoms with Gasteiger partial charge in [-0.2, -0.15) is 0 Å². The van der Waals surface area contributed by atoms with Crippen LogP contribution < -0.4 is 0 Å². The van der Waals surface area contributed by atoms with Crippen LogP contribution in [-0.2, 0) is 4.74 Å². The summed E-state index contributed by atoms with van der Waals surface area (Å²) in [6.07, 6.45) is 2.14. The molecule has 2 aliphatic rings. The fourth-order valence-electron chi connectivity index (χ4n) is 4.52. The molecule has 2 fully saturated rings. The SMILES string of the molecule is COCC1(O)C(CO)C2CCC1(C)C2(C)C. The minimum atomic E-state index is -0.872. The molecule has 0 radical (unpaired) electrons. The Morgan fingerprint density at radius 3 is 2.44 bits per heavy atom. The van der Waals surface area contributed by atoms with Crippen LogP contribution in [0, 0.1) is 22.7 Å². The molecule has 0 amide bonds. The third kappa shape index (κ3) is 1.09. The summed E-state index contributed by atoms with van der Waals surface area (Å²) in [7, 11) is 1.62. The van der Waals surface area contributed by atoms with Gasteiger partial charge in [0.15, 0.2) is 0 Å². The standard InChI is InChI=1S/C13H24O3/c1-11(2)9-5-6-12(11,3)13(15,8-16-4)10(9)7-14/h9-10,14-15H,5-8H2,1-4H3. The van der Waals surface area contributed by atoms with E-state index in [0.717, 1.165) is 12.8 Å². The highest BCUT2D eigenvalue weighted by Crippen LogP contribution is 2.71. The fraction of sp³-hybridized carbons (Fsp3) is 1.00. The van der Waals surface area contributed by atoms with Crippen molar-refractivity contribution in [1.82, 2.24) is 0 Å². The first kappa shape index (κ1) is 12.3. The number of fused-ring (bicyclic) bond motifs is 2. The summed E-state index contributed by atoms with van der Waals surface area (Å²) >= 11 is 0. The normalized spacial score (nSPS) is 49.9. The van der Waals surface area contributed by atoms with Crippen LogP contribution in [0.25, 0.3) is 0 Å². The van der Waals surface area contributed by atoms with E-state index in [1.54, 1.807) is 7.11 Å². The Labute approximate surface area is 97.8 Å². The number of rotatable bonds is 3. The first-order chi connectivity index (χ1) is 7.35. The summed E-state index contributed by atoms with van der Waals surface area (Å²) in [5, 5.41) is 20.5. The summed E-state index contributed by atoms with van der Waals surface area (Å²) in [5.41, 5.74) is -0.940. The summed E-state index contributed by atoms with van der Waals surface area (Å²) in [4.78, 5) is 0. The molecule has 0 aromatic rings. The van der Waals surface area contributed by atoms with Crippen molar-refractivity contribution >= 4 is 0 Å². The summed E-state index contributed by atoms with van der Waals surface area (Å²) in [6.45, 7) is 6.99. The molecule has 0 aliphatic heterocycles. The topological polar surface area (TPSA) is 49.7 Å². The molecular weight excluding hydrogens is 204 g/mol. The number of hydrogen-bond acceptors (Lipinski definition) is 3. The maximum absolute atomic E-state index is 11.0. The Morgan fingerprint density at radius 1 is 1.31 bits per heavy atom. The number of methoxy groups -OCH3 is 1. The lowest BCUT2D eigenvalue weighted by molar-refractivity contribution is -0.159. The predicted molar refractivity (Wildman–Crippen MR) is 62.0 cm³/mol. The van der Waals surface area contributed by atoms with Gasteiger partial charge in [-0.1, -0.05) is 20.8 Å². The van der Waals surface area contributed by atoms with Gasteiger partial charge in [0.1, 0.15) is 0 Å². The molecule has 2 saturated carbocycles. The molecule has 0 saturated heterocycles. The van der Waals surface area contributed by atoms with Gasteiger partial charge in [-0.25, -0.2) is 0 Å². The Bertz CT molecular complexity index is 289. The summed E-state index contributed by atoms with van der Waals surface area (Å²) in [5.74, 6) is 0.365. The zero-order chi connectivity index (χ0) is 12.2. The van der Waals surface area contributed by atoms with Gasteiger partial charge in [0.2, 0.25) is 0 Å². The quantitative estimate of drug-likeness (QED) is 0.768. The van der Waals surface area contributed by atoms with E-state index in [0.29, 0.717) is 12.5 Å². The molecule has 0 aromatic heterocycles. The van der Waals surface area contributed by atoms with Crippen molar-refractivity contribution < 1.29 is 14.9 Å². The number of ether oxygens (including phenoxy) is 1. The molecule has 4 unspecified atom stereocenters. The monoisotopic (exact) mass is 228 g/mol. The summed E-state index contributed by atoms with van der Waals surface area (Å²) in [6, 6.07) is 0. The van der Waals surface area contributed by atoms with Gasteiger partial charge in [0.25, 0.3) is 0 Å². The molecule has 2 aliphatic carbocycles. The Kier molecular flexibility index (Phi) is 2.65. The minimum absolute atomic E-state index is 0.0406. The molecule has 16 heavy (non-hydrogen) atoms. The first-order valence-electron chi connectivity index (χ1n) is 6.17. The van der Waals surface area contributed by atoms with E-state index in [4.69, 9.17) is 4.74 Å². The van der Waals surface area contributed by atoms with Crippen LogP contribution in [0.5, 0.6) is 0 Å². The predicted octanol–water partition coefficient (Wildman–Crippen LogP) is 1.43. The highest BCUT2D eigenvalue weighted by atomic mass is 16.5. The molecule has 4 atom stereocenters. The van der Waals surface area contributed by atoms with Gasteiger partial charge >= 0.3 is 0 Å². The zero-order valence-electron chi connectivity index (χ0n) is 10.8. The molecule has 3 heteroatoms. The maximum atomic E-state index is 11.0. The molecule has 2 rings (SSSR count). The number of aliphatic hydroxyl groups excluding tert-OH is 1. The molecule has 0 spiro atoms. The van der Waals surface area contributed by atoms with E-state index < -0.39 is 5.60 Å². The van der Waals surface area contributed by atoms with Crippen molar-refractivity contribution in [2.24, 2.45) is 22.7 Å². The Morgan fingerprint density at radius 2 is 1.94 bits per heavy atom. The highest BCUT2D eigenvalue weighted by molar-refractivity contribution is 5.21. The van der Waals surface area contributed by atoms with Crippen LogP contribution in [0.1, 0.15) is 33.6 Å². The third-order valence-corrected chi connectivity index (χ3v) is 5.92. The van der Waals surface area contributed by atoms with Crippen molar-refractivity contribution in [3.05, 3.63) is 0 Å². The largest absolute Gasteiger partial charge is 0.396 e. The van der Waals surface area contributed by atoms with Crippen molar-refractivity contribution in [3.63, 3.8) is 0 Å². The average molecular weight is 228 g/mol. The minimum Gasteiger partial charge on any atom is -0.396 e. The van der Waals surface area contributed by atoms with Crippen LogP contribution in [-0.4, -0.2) is 36.1 Å². The van der Waals surface area contributed by atoms with Crippen LogP contribution >= 0.6 is 0 Å². The van der Waals surface area contributed by atoms with Gasteiger partial charge in [-0.3, -0.25) is 0 Å². The lowest BCUT2D eigenvalue weighted by atomic mass is 9.63. The lowest BCUT2D eigenvalue weighted by Crippen LogP contribution is -2.55. The fourth-order valence-corrected chi connectivity index (χ4v) is 4.52. The zero-order valence-corrected chi connectivity index (χ0v) is 10.8. The maximum Gasteiger partial charge on any atom is 0.0990 e. The molecular formula is C13H24O3. The first-order valence-corrected chi connectivity index (χ1v) is 6.17. The van der Waals surface area contributed by atoms with E-state index in [1.165, 1.54) is 0 Å². The van der Waals surface area contributed by atoms with Crippen LogP contribution in [0.15, 0.2) is 0 Å². The van der Waals surface area contributed by atoms with E-state index in [9.17, 15) is 10.2 Å². The van der Waals surface area contributed by atoms with Gasteiger partial charge in [-0.05, 0) is 24.2 Å².